The van der Waals surface area contributed by atoms with Gasteiger partial charge in [0.15, 0.2) is 0 Å². The van der Waals surface area contributed by atoms with Crippen LogP contribution in [0.4, 0.5) is 0 Å². The molecule has 0 saturated heterocycles. The van der Waals surface area contributed by atoms with E-state index in [9.17, 15) is 0 Å². The van der Waals surface area contributed by atoms with Crippen molar-refractivity contribution < 1.29 is 5.21 Å². The van der Waals surface area contributed by atoms with Gasteiger partial charge in [-0.2, -0.15) is 0 Å². The Morgan fingerprint density at radius 1 is 1.64 bits per heavy atom. The molecule has 0 radical (unpaired) electrons. The van der Waals surface area contributed by atoms with Crippen molar-refractivity contribution in [3.63, 3.8) is 0 Å². The highest BCUT2D eigenvalue weighted by Crippen LogP contribution is 2.10. The van der Waals surface area contributed by atoms with Crippen LogP contribution >= 0.6 is 15.9 Å². The lowest BCUT2D eigenvalue weighted by molar-refractivity contribution is 0.321. The number of rotatable bonds is 1. The zero-order chi connectivity index (χ0) is 8.27. The van der Waals surface area contributed by atoms with E-state index in [4.69, 9.17) is 5.21 Å². The highest BCUT2D eigenvalue weighted by molar-refractivity contribution is 9.10. The van der Waals surface area contributed by atoms with Crippen molar-refractivity contribution in [2.75, 3.05) is 0 Å². The van der Waals surface area contributed by atoms with E-state index in [2.05, 4.69) is 31.3 Å². The minimum atomic E-state index is 0.535. The van der Waals surface area contributed by atoms with E-state index in [1.165, 1.54) is 6.21 Å². The normalized spacial score (nSPS) is 10.7. The van der Waals surface area contributed by atoms with Crippen LogP contribution in [0, 0.1) is 6.92 Å². The first-order valence-corrected chi connectivity index (χ1v) is 3.70. The average molecular weight is 216 g/mol. The number of hydrogen-bond acceptors (Lipinski definition) is 4. The lowest BCUT2D eigenvalue weighted by Crippen LogP contribution is -1.93. The molecule has 1 aromatic heterocycles. The smallest absolute Gasteiger partial charge is 0.131 e. The van der Waals surface area contributed by atoms with Crippen molar-refractivity contribution in [1.29, 1.82) is 0 Å². The summed E-state index contributed by atoms with van der Waals surface area (Å²) < 4.78 is 0.701. The van der Waals surface area contributed by atoms with E-state index in [1.807, 2.05) is 6.92 Å². The Morgan fingerprint density at radius 2 is 2.36 bits per heavy atom. The first kappa shape index (κ1) is 8.13. The van der Waals surface area contributed by atoms with Crippen LogP contribution in [-0.2, 0) is 0 Å². The Kier molecular flexibility index (Phi) is 2.53. The molecule has 0 amide bonds. The fraction of sp³-hybridized carbons (Fsp3) is 0.167. The van der Waals surface area contributed by atoms with Crippen molar-refractivity contribution >= 4 is 22.1 Å². The quantitative estimate of drug-likeness (QED) is 0.438. The fourth-order valence-electron chi connectivity index (χ4n) is 0.613. The summed E-state index contributed by atoms with van der Waals surface area (Å²) in [6.07, 6.45) is 1.23. The average Bonchev–Trinajstić information content (AvgIpc) is 1.98. The summed E-state index contributed by atoms with van der Waals surface area (Å²) in [5, 5.41) is 18.5. The van der Waals surface area contributed by atoms with Gasteiger partial charge in [-0.25, -0.2) is 0 Å². The number of halogens is 1. The van der Waals surface area contributed by atoms with Crippen molar-refractivity contribution in [2.45, 2.75) is 6.92 Å². The van der Waals surface area contributed by atoms with Gasteiger partial charge >= 0.3 is 0 Å². The summed E-state index contributed by atoms with van der Waals surface area (Å²) in [6.45, 7) is 1.88. The molecule has 0 aliphatic carbocycles. The van der Waals surface area contributed by atoms with Crippen molar-refractivity contribution in [2.24, 2.45) is 5.16 Å². The molecule has 0 atom stereocenters. The minimum absolute atomic E-state index is 0.535. The molecule has 0 bridgehead atoms. The summed E-state index contributed by atoms with van der Waals surface area (Å²) in [4.78, 5) is 0. The molecule has 0 unspecified atom stereocenters. The second kappa shape index (κ2) is 3.43. The molecule has 0 fully saturated rings. The molecule has 1 aromatic rings. The van der Waals surface area contributed by atoms with Crippen LogP contribution in [0.2, 0.25) is 0 Å². The van der Waals surface area contributed by atoms with Gasteiger partial charge in [-0.1, -0.05) is 5.16 Å². The van der Waals surface area contributed by atoms with E-state index in [1.54, 1.807) is 6.07 Å². The maximum absolute atomic E-state index is 8.17. The lowest BCUT2D eigenvalue weighted by Gasteiger charge is -1.94. The predicted molar refractivity (Wildman–Crippen MR) is 43.8 cm³/mol. The van der Waals surface area contributed by atoms with Gasteiger partial charge in [0, 0.05) is 0 Å². The van der Waals surface area contributed by atoms with Gasteiger partial charge in [0.05, 0.1) is 6.21 Å². The van der Waals surface area contributed by atoms with Gasteiger partial charge in [0.1, 0.15) is 10.3 Å². The topological polar surface area (TPSA) is 58.4 Å². The summed E-state index contributed by atoms with van der Waals surface area (Å²) in [5.41, 5.74) is 1.49. The largest absolute Gasteiger partial charge is 0.411 e. The van der Waals surface area contributed by atoms with Crippen LogP contribution in [0.3, 0.4) is 0 Å². The molecule has 5 heteroatoms. The SMILES string of the molecule is Cc1cc(C=NO)nnc1Br. The van der Waals surface area contributed by atoms with Crippen LogP contribution in [0.15, 0.2) is 15.8 Å². The molecule has 4 nitrogen and oxygen atoms in total. The third kappa shape index (κ3) is 1.98. The van der Waals surface area contributed by atoms with Crippen LogP contribution in [0.5, 0.6) is 0 Å². The molecule has 58 valence electrons. The molecule has 1 rings (SSSR count). The van der Waals surface area contributed by atoms with Gasteiger partial charge in [-0.15, -0.1) is 10.2 Å². The van der Waals surface area contributed by atoms with Crippen LogP contribution in [0.25, 0.3) is 0 Å². The summed E-state index contributed by atoms with van der Waals surface area (Å²) in [5.74, 6) is 0. The third-order valence-corrected chi connectivity index (χ3v) is 1.92. The van der Waals surface area contributed by atoms with Crippen molar-refractivity contribution in [3.05, 3.63) is 21.9 Å². The molecule has 0 saturated carbocycles. The Labute approximate surface area is 72.1 Å². The predicted octanol–water partition coefficient (Wildman–Crippen LogP) is 1.36. The molecule has 0 aliphatic rings. The molecule has 0 spiro atoms. The zero-order valence-corrected chi connectivity index (χ0v) is 7.41. The molecule has 1 heterocycles. The van der Waals surface area contributed by atoms with E-state index in [-0.39, 0.29) is 0 Å². The fourth-order valence-corrected chi connectivity index (χ4v) is 0.807. The first-order valence-electron chi connectivity index (χ1n) is 2.91. The molecule has 11 heavy (non-hydrogen) atoms. The van der Waals surface area contributed by atoms with E-state index < -0.39 is 0 Å². The van der Waals surface area contributed by atoms with E-state index in [0.717, 1.165) is 5.56 Å². The highest BCUT2D eigenvalue weighted by Gasteiger charge is 1.97. The second-order valence-electron chi connectivity index (χ2n) is 1.99. The highest BCUT2D eigenvalue weighted by atomic mass is 79.9. The first-order chi connectivity index (χ1) is 5.24. The summed E-state index contributed by atoms with van der Waals surface area (Å²) in [7, 11) is 0. The Morgan fingerprint density at radius 3 is 2.91 bits per heavy atom. The number of aromatic nitrogens is 2. The molecule has 0 aromatic carbocycles. The molecule has 0 aliphatic heterocycles. The van der Waals surface area contributed by atoms with Gasteiger partial charge in [-0.05, 0) is 34.5 Å². The molecule has 1 N–H and O–H groups in total. The number of nitrogens with zero attached hydrogens (tertiary/aromatic N) is 3. The number of oxime groups is 1. The van der Waals surface area contributed by atoms with Gasteiger partial charge in [0.25, 0.3) is 0 Å². The minimum Gasteiger partial charge on any atom is -0.411 e. The monoisotopic (exact) mass is 215 g/mol. The summed E-state index contributed by atoms with van der Waals surface area (Å²) in [6, 6.07) is 1.76. The number of hydrogen-bond donors (Lipinski definition) is 1. The maximum atomic E-state index is 8.17. The van der Waals surface area contributed by atoms with E-state index in [0.29, 0.717) is 10.3 Å². The Balaban J connectivity index is 3.05. The maximum Gasteiger partial charge on any atom is 0.131 e. The molecular weight excluding hydrogens is 210 g/mol. The number of aryl methyl sites for hydroxylation is 1. The lowest BCUT2D eigenvalue weighted by atomic mass is 10.3. The second-order valence-corrected chi connectivity index (χ2v) is 2.74. The van der Waals surface area contributed by atoms with E-state index >= 15 is 0 Å². The zero-order valence-electron chi connectivity index (χ0n) is 5.82. The van der Waals surface area contributed by atoms with Crippen LogP contribution in [0.1, 0.15) is 11.3 Å². The summed E-state index contributed by atoms with van der Waals surface area (Å²) >= 11 is 3.20. The van der Waals surface area contributed by atoms with Gasteiger partial charge in [-0.3, -0.25) is 0 Å². The molecular formula is C6H6BrN3O. The van der Waals surface area contributed by atoms with Gasteiger partial charge < -0.3 is 5.21 Å². The Hall–Kier alpha value is -0.970. The van der Waals surface area contributed by atoms with Gasteiger partial charge in [0.2, 0.25) is 0 Å². The van der Waals surface area contributed by atoms with Crippen molar-refractivity contribution in [1.82, 2.24) is 10.2 Å². The van der Waals surface area contributed by atoms with Crippen molar-refractivity contribution in [3.8, 4) is 0 Å². The Bertz CT molecular complexity index is 287. The third-order valence-electron chi connectivity index (χ3n) is 1.13. The van der Waals surface area contributed by atoms with Crippen LogP contribution in [-0.4, -0.2) is 21.6 Å². The standard InChI is InChI=1S/C6H6BrN3O/c1-4-2-5(3-8-11)9-10-6(4)7/h2-3,11H,1H3. The van der Waals surface area contributed by atoms with Crippen LogP contribution < -0.4 is 0 Å².